The molecule has 0 aliphatic rings. The van der Waals surface area contributed by atoms with Gasteiger partial charge in [0.05, 0.1) is 6.61 Å². The van der Waals surface area contributed by atoms with Crippen molar-refractivity contribution in [1.29, 1.82) is 0 Å². The van der Waals surface area contributed by atoms with Crippen LogP contribution in [-0.2, 0) is 6.54 Å². The zero-order valence-electron chi connectivity index (χ0n) is 12.7. The first-order valence-electron chi connectivity index (χ1n) is 6.98. The lowest BCUT2D eigenvalue weighted by atomic mass is 10.1. The molecule has 2 nitrogen and oxygen atoms in total. The number of ether oxygens (including phenoxy) is 1. The van der Waals surface area contributed by atoms with Crippen molar-refractivity contribution in [3.05, 3.63) is 29.6 Å². The average molecular weight is 267 g/mol. The summed E-state index contributed by atoms with van der Waals surface area (Å²) >= 11 is 0. The maximum Gasteiger partial charge on any atom is 0.123 e. The summed E-state index contributed by atoms with van der Waals surface area (Å²) in [6, 6.07) is 4.72. The summed E-state index contributed by atoms with van der Waals surface area (Å²) in [6.07, 6.45) is 1.08. The topological polar surface area (TPSA) is 21.3 Å². The molecule has 108 valence electrons. The smallest absolute Gasteiger partial charge is 0.123 e. The summed E-state index contributed by atoms with van der Waals surface area (Å²) in [7, 11) is 0. The Morgan fingerprint density at radius 1 is 1.32 bits per heavy atom. The fraction of sp³-hybridized carbons (Fsp3) is 0.625. The van der Waals surface area contributed by atoms with Gasteiger partial charge in [-0.15, -0.1) is 0 Å². The van der Waals surface area contributed by atoms with Crippen molar-refractivity contribution in [3.8, 4) is 5.75 Å². The minimum atomic E-state index is -0.221. The largest absolute Gasteiger partial charge is 0.493 e. The third-order valence-electron chi connectivity index (χ3n) is 3.05. The highest BCUT2D eigenvalue weighted by atomic mass is 19.1. The minimum Gasteiger partial charge on any atom is -0.493 e. The molecule has 0 spiro atoms. The van der Waals surface area contributed by atoms with Crippen LogP contribution in [0.4, 0.5) is 4.39 Å². The summed E-state index contributed by atoms with van der Waals surface area (Å²) in [6.45, 7) is 11.8. The number of nitrogens with one attached hydrogen (secondary N) is 1. The molecule has 1 aromatic rings. The lowest BCUT2D eigenvalue weighted by Crippen LogP contribution is -2.35. The third kappa shape index (κ3) is 6.06. The molecule has 0 aliphatic heterocycles. The van der Waals surface area contributed by atoms with Crippen molar-refractivity contribution in [3.63, 3.8) is 0 Å². The Bertz CT molecular complexity index is 398. The quantitative estimate of drug-likeness (QED) is 0.836. The standard InChI is InChI=1S/C16H26FNO/c1-6-12(2)11-19-15-8-7-14(17)9-13(15)10-18-16(3,4)5/h7-9,12,18H,6,10-11H2,1-5H3. The van der Waals surface area contributed by atoms with Crippen molar-refractivity contribution in [2.24, 2.45) is 5.92 Å². The lowest BCUT2D eigenvalue weighted by molar-refractivity contribution is 0.252. The van der Waals surface area contributed by atoms with E-state index in [4.69, 9.17) is 4.74 Å². The predicted molar refractivity (Wildman–Crippen MR) is 77.9 cm³/mol. The number of benzene rings is 1. The van der Waals surface area contributed by atoms with Crippen LogP contribution < -0.4 is 10.1 Å². The third-order valence-corrected chi connectivity index (χ3v) is 3.05. The van der Waals surface area contributed by atoms with Crippen molar-refractivity contribution >= 4 is 0 Å². The highest BCUT2D eigenvalue weighted by Gasteiger charge is 2.12. The fourth-order valence-corrected chi connectivity index (χ4v) is 1.54. The van der Waals surface area contributed by atoms with Crippen LogP contribution in [0.15, 0.2) is 18.2 Å². The Morgan fingerprint density at radius 2 is 2.00 bits per heavy atom. The molecular weight excluding hydrogens is 241 g/mol. The van der Waals surface area contributed by atoms with Gasteiger partial charge in [0.25, 0.3) is 0 Å². The number of hydrogen-bond acceptors (Lipinski definition) is 2. The molecule has 1 unspecified atom stereocenters. The molecule has 1 atom stereocenters. The average Bonchev–Trinajstić information content (AvgIpc) is 2.33. The normalized spacial score (nSPS) is 13.4. The maximum absolute atomic E-state index is 13.3. The van der Waals surface area contributed by atoms with Crippen molar-refractivity contribution in [2.75, 3.05) is 6.61 Å². The molecule has 0 heterocycles. The van der Waals surface area contributed by atoms with Crippen LogP contribution in [0, 0.1) is 11.7 Å². The van der Waals surface area contributed by atoms with E-state index in [0.29, 0.717) is 19.1 Å². The molecule has 0 radical (unpaired) electrons. The van der Waals surface area contributed by atoms with E-state index in [9.17, 15) is 4.39 Å². The second-order valence-corrected chi connectivity index (χ2v) is 6.18. The summed E-state index contributed by atoms with van der Waals surface area (Å²) in [5.74, 6) is 1.06. The van der Waals surface area contributed by atoms with Gasteiger partial charge >= 0.3 is 0 Å². The zero-order chi connectivity index (χ0) is 14.5. The number of halogens is 1. The molecule has 0 bridgehead atoms. The van der Waals surface area contributed by atoms with Gasteiger partial charge in [0.1, 0.15) is 11.6 Å². The summed E-state index contributed by atoms with van der Waals surface area (Å²) < 4.78 is 19.2. The minimum absolute atomic E-state index is 0.000295. The lowest BCUT2D eigenvalue weighted by Gasteiger charge is -2.22. The van der Waals surface area contributed by atoms with Crippen LogP contribution in [0.5, 0.6) is 5.75 Å². The second-order valence-electron chi connectivity index (χ2n) is 6.18. The maximum atomic E-state index is 13.3. The molecule has 1 rings (SSSR count). The monoisotopic (exact) mass is 267 g/mol. The number of rotatable bonds is 6. The SMILES string of the molecule is CCC(C)COc1ccc(F)cc1CNC(C)(C)C. The molecule has 0 saturated carbocycles. The van der Waals surface area contributed by atoms with Crippen LogP contribution in [0.1, 0.15) is 46.6 Å². The Hall–Kier alpha value is -1.09. The zero-order valence-corrected chi connectivity index (χ0v) is 12.7. The van der Waals surface area contributed by atoms with Crippen molar-refractivity contribution in [1.82, 2.24) is 5.32 Å². The van der Waals surface area contributed by atoms with Crippen LogP contribution in [0.25, 0.3) is 0 Å². The van der Waals surface area contributed by atoms with Gasteiger partial charge in [-0.2, -0.15) is 0 Å². The van der Waals surface area contributed by atoms with Crippen LogP contribution >= 0.6 is 0 Å². The van der Waals surface area contributed by atoms with E-state index in [2.05, 4.69) is 39.9 Å². The van der Waals surface area contributed by atoms with E-state index in [1.54, 1.807) is 12.1 Å². The summed E-state index contributed by atoms with van der Waals surface area (Å²) in [5, 5.41) is 3.36. The van der Waals surface area contributed by atoms with Crippen LogP contribution in [-0.4, -0.2) is 12.1 Å². The second kappa shape index (κ2) is 6.90. The molecule has 0 amide bonds. The number of hydrogen-bond donors (Lipinski definition) is 1. The fourth-order valence-electron chi connectivity index (χ4n) is 1.54. The molecule has 3 heteroatoms. The predicted octanol–water partition coefficient (Wildman–Crippen LogP) is 4.14. The summed E-state index contributed by atoms with van der Waals surface area (Å²) in [5.41, 5.74) is 0.874. The molecule has 1 aromatic carbocycles. The van der Waals surface area contributed by atoms with E-state index in [1.165, 1.54) is 6.07 Å². The van der Waals surface area contributed by atoms with Gasteiger partial charge in [-0.05, 0) is 44.9 Å². The molecule has 19 heavy (non-hydrogen) atoms. The molecule has 1 N–H and O–H groups in total. The Kier molecular flexibility index (Phi) is 5.80. The first-order chi connectivity index (χ1) is 8.81. The van der Waals surface area contributed by atoms with Gasteiger partial charge in [0.15, 0.2) is 0 Å². The molecule has 0 saturated heterocycles. The Morgan fingerprint density at radius 3 is 2.58 bits per heavy atom. The van der Waals surface area contributed by atoms with Gasteiger partial charge in [-0.3, -0.25) is 0 Å². The van der Waals surface area contributed by atoms with Crippen LogP contribution in [0.3, 0.4) is 0 Å². The van der Waals surface area contributed by atoms with Gasteiger partial charge in [0, 0.05) is 17.6 Å². The van der Waals surface area contributed by atoms with E-state index >= 15 is 0 Å². The van der Waals surface area contributed by atoms with E-state index < -0.39 is 0 Å². The van der Waals surface area contributed by atoms with Gasteiger partial charge in [0.2, 0.25) is 0 Å². The van der Waals surface area contributed by atoms with Crippen LogP contribution in [0.2, 0.25) is 0 Å². The van der Waals surface area contributed by atoms with Crippen molar-refractivity contribution in [2.45, 2.75) is 53.1 Å². The highest BCUT2D eigenvalue weighted by molar-refractivity contribution is 5.34. The van der Waals surface area contributed by atoms with E-state index in [0.717, 1.165) is 17.7 Å². The van der Waals surface area contributed by atoms with Gasteiger partial charge < -0.3 is 10.1 Å². The van der Waals surface area contributed by atoms with Crippen molar-refractivity contribution < 1.29 is 9.13 Å². The molecule has 0 fully saturated rings. The van der Waals surface area contributed by atoms with Gasteiger partial charge in [-0.1, -0.05) is 20.3 Å². The summed E-state index contributed by atoms with van der Waals surface area (Å²) in [4.78, 5) is 0. The van der Waals surface area contributed by atoms with Gasteiger partial charge in [-0.25, -0.2) is 4.39 Å². The highest BCUT2D eigenvalue weighted by Crippen LogP contribution is 2.21. The molecule has 0 aliphatic carbocycles. The molecule has 0 aromatic heterocycles. The first-order valence-corrected chi connectivity index (χ1v) is 6.98. The Labute approximate surface area is 116 Å². The van der Waals surface area contributed by atoms with E-state index in [-0.39, 0.29) is 11.4 Å². The van der Waals surface area contributed by atoms with E-state index in [1.807, 2.05) is 0 Å². The first kappa shape index (κ1) is 16.0. The molecular formula is C16H26FNO. The Balaban J connectivity index is 2.74.